The Bertz CT molecular complexity index is 297. The van der Waals surface area contributed by atoms with Crippen molar-refractivity contribution < 1.29 is 0 Å². The highest BCUT2D eigenvalue weighted by molar-refractivity contribution is 7.80. The minimum absolute atomic E-state index is 0.228. The van der Waals surface area contributed by atoms with E-state index in [1.807, 2.05) is 0 Å². The predicted molar refractivity (Wildman–Crippen MR) is 79.9 cm³/mol. The van der Waals surface area contributed by atoms with Gasteiger partial charge in [0.05, 0.1) is 0 Å². The molecule has 2 atom stereocenters. The normalized spacial score (nSPS) is 16.8. The van der Waals surface area contributed by atoms with Crippen LogP contribution < -0.4 is 0 Å². The average Bonchev–Trinajstić information content (AvgIpc) is 2.36. The van der Waals surface area contributed by atoms with Crippen LogP contribution in [0.2, 0.25) is 0 Å². The summed E-state index contributed by atoms with van der Waals surface area (Å²) in [6, 6.07) is 10.8. The lowest BCUT2D eigenvalue weighted by Gasteiger charge is -2.36. The molecule has 0 aliphatic rings. The Morgan fingerprint density at radius 2 is 1.81 bits per heavy atom. The SMILES string of the molecule is CC(CS)C(C)(CCCS)c1ccccc1. The van der Waals surface area contributed by atoms with Crippen molar-refractivity contribution in [3.05, 3.63) is 35.9 Å². The van der Waals surface area contributed by atoms with E-state index in [0.29, 0.717) is 5.92 Å². The molecule has 0 N–H and O–H groups in total. The van der Waals surface area contributed by atoms with Gasteiger partial charge in [0.25, 0.3) is 0 Å². The predicted octanol–water partition coefficient (Wildman–Crippen LogP) is 4.22. The summed E-state index contributed by atoms with van der Waals surface area (Å²) in [5.41, 5.74) is 1.66. The van der Waals surface area contributed by atoms with Gasteiger partial charge in [-0.15, -0.1) is 0 Å². The lowest BCUT2D eigenvalue weighted by Crippen LogP contribution is -2.31. The van der Waals surface area contributed by atoms with E-state index in [2.05, 4.69) is 69.4 Å². The molecular formula is C14H22S2. The highest BCUT2D eigenvalue weighted by Gasteiger charge is 2.31. The highest BCUT2D eigenvalue weighted by atomic mass is 32.1. The van der Waals surface area contributed by atoms with Crippen LogP contribution in [0.4, 0.5) is 0 Å². The second-order valence-corrected chi connectivity index (χ2v) is 5.51. The largest absolute Gasteiger partial charge is 0.179 e. The Hall–Kier alpha value is -0.0800. The molecule has 2 unspecified atom stereocenters. The summed E-state index contributed by atoms with van der Waals surface area (Å²) in [5, 5.41) is 0. The first kappa shape index (κ1) is 14.0. The van der Waals surface area contributed by atoms with E-state index >= 15 is 0 Å². The molecule has 0 bridgehead atoms. The minimum Gasteiger partial charge on any atom is -0.179 e. The van der Waals surface area contributed by atoms with Crippen LogP contribution in [0.3, 0.4) is 0 Å². The maximum Gasteiger partial charge on any atom is -0.00416 e. The third kappa shape index (κ3) is 3.21. The maximum atomic E-state index is 4.46. The zero-order valence-corrected chi connectivity index (χ0v) is 12.0. The molecule has 2 heteroatoms. The van der Waals surface area contributed by atoms with Crippen molar-refractivity contribution >= 4 is 25.3 Å². The van der Waals surface area contributed by atoms with Crippen LogP contribution in [0.25, 0.3) is 0 Å². The molecule has 1 aromatic carbocycles. The van der Waals surface area contributed by atoms with Crippen LogP contribution in [0.5, 0.6) is 0 Å². The van der Waals surface area contributed by atoms with Gasteiger partial charge in [-0.05, 0) is 41.2 Å². The summed E-state index contributed by atoms with van der Waals surface area (Å²) < 4.78 is 0. The topological polar surface area (TPSA) is 0 Å². The van der Waals surface area contributed by atoms with Crippen LogP contribution >= 0.6 is 25.3 Å². The summed E-state index contributed by atoms with van der Waals surface area (Å²) in [5.74, 6) is 2.47. The first-order chi connectivity index (χ1) is 7.65. The van der Waals surface area contributed by atoms with Crippen LogP contribution in [0.1, 0.15) is 32.3 Å². The molecule has 0 spiro atoms. The molecule has 90 valence electrons. The zero-order valence-electron chi connectivity index (χ0n) is 10.2. The molecule has 0 saturated heterocycles. The molecule has 0 saturated carbocycles. The van der Waals surface area contributed by atoms with E-state index in [9.17, 15) is 0 Å². The Kier molecular flexibility index (Phi) is 5.77. The minimum atomic E-state index is 0.228. The summed E-state index contributed by atoms with van der Waals surface area (Å²) >= 11 is 8.79. The summed E-state index contributed by atoms with van der Waals surface area (Å²) in [6.07, 6.45) is 2.34. The first-order valence-corrected chi connectivity index (χ1v) is 7.19. The molecule has 0 radical (unpaired) electrons. The van der Waals surface area contributed by atoms with Crippen molar-refractivity contribution in [3.8, 4) is 0 Å². The lowest BCUT2D eigenvalue weighted by atomic mass is 9.70. The van der Waals surface area contributed by atoms with Crippen molar-refractivity contribution in [2.45, 2.75) is 32.1 Å². The Labute approximate surface area is 111 Å². The van der Waals surface area contributed by atoms with E-state index < -0.39 is 0 Å². The van der Waals surface area contributed by atoms with E-state index in [0.717, 1.165) is 17.9 Å². The fraction of sp³-hybridized carbons (Fsp3) is 0.571. The number of hydrogen-bond donors (Lipinski definition) is 2. The van der Waals surface area contributed by atoms with Gasteiger partial charge in [-0.3, -0.25) is 0 Å². The molecule has 0 fully saturated rings. The Balaban J connectivity index is 2.94. The summed E-state index contributed by atoms with van der Waals surface area (Å²) in [6.45, 7) is 4.64. The van der Waals surface area contributed by atoms with E-state index in [1.54, 1.807) is 0 Å². The van der Waals surface area contributed by atoms with Gasteiger partial charge in [0.1, 0.15) is 0 Å². The highest BCUT2D eigenvalue weighted by Crippen LogP contribution is 2.37. The third-order valence-corrected chi connectivity index (χ3v) is 4.51. The average molecular weight is 254 g/mol. The molecule has 0 heterocycles. The molecule has 0 aliphatic heterocycles. The van der Waals surface area contributed by atoms with Crippen molar-refractivity contribution in [1.29, 1.82) is 0 Å². The third-order valence-electron chi connectivity index (χ3n) is 3.65. The van der Waals surface area contributed by atoms with Crippen molar-refractivity contribution in [2.24, 2.45) is 5.92 Å². The summed E-state index contributed by atoms with van der Waals surface area (Å²) in [7, 11) is 0. The van der Waals surface area contributed by atoms with Gasteiger partial charge in [-0.1, -0.05) is 44.2 Å². The van der Waals surface area contributed by atoms with Crippen molar-refractivity contribution in [2.75, 3.05) is 11.5 Å². The second kappa shape index (κ2) is 6.61. The molecule has 0 aliphatic carbocycles. The molecule has 16 heavy (non-hydrogen) atoms. The van der Waals surface area contributed by atoms with Gasteiger partial charge in [-0.2, -0.15) is 25.3 Å². The van der Waals surface area contributed by atoms with Gasteiger partial charge in [0.2, 0.25) is 0 Å². The van der Waals surface area contributed by atoms with Crippen LogP contribution in [-0.4, -0.2) is 11.5 Å². The number of rotatable bonds is 6. The molecular weight excluding hydrogens is 232 g/mol. The Morgan fingerprint density at radius 3 is 2.31 bits per heavy atom. The second-order valence-electron chi connectivity index (χ2n) is 4.69. The van der Waals surface area contributed by atoms with Gasteiger partial charge >= 0.3 is 0 Å². The fourth-order valence-corrected chi connectivity index (χ4v) is 2.70. The van der Waals surface area contributed by atoms with Gasteiger partial charge < -0.3 is 0 Å². The van der Waals surface area contributed by atoms with E-state index in [1.165, 1.54) is 12.0 Å². The van der Waals surface area contributed by atoms with Crippen LogP contribution in [-0.2, 0) is 5.41 Å². The molecule has 1 aromatic rings. The lowest BCUT2D eigenvalue weighted by molar-refractivity contribution is 0.317. The smallest absolute Gasteiger partial charge is 0.00416 e. The molecule has 1 rings (SSSR count). The van der Waals surface area contributed by atoms with E-state index in [4.69, 9.17) is 0 Å². The quantitative estimate of drug-likeness (QED) is 0.698. The summed E-state index contributed by atoms with van der Waals surface area (Å²) in [4.78, 5) is 0. The maximum absolute atomic E-state index is 4.46. The van der Waals surface area contributed by atoms with Crippen LogP contribution in [0, 0.1) is 5.92 Å². The van der Waals surface area contributed by atoms with Gasteiger partial charge in [-0.25, -0.2) is 0 Å². The standard InChI is InChI=1S/C14H22S2/c1-12(11-16)14(2,9-6-10-15)13-7-4-3-5-8-13/h3-5,7-8,12,15-16H,6,9-11H2,1-2H3. The molecule has 0 amide bonds. The van der Waals surface area contributed by atoms with Gasteiger partial charge in [0.15, 0.2) is 0 Å². The van der Waals surface area contributed by atoms with Gasteiger partial charge in [0, 0.05) is 0 Å². The number of benzene rings is 1. The Morgan fingerprint density at radius 1 is 1.19 bits per heavy atom. The molecule has 0 nitrogen and oxygen atoms in total. The number of hydrogen-bond acceptors (Lipinski definition) is 2. The monoisotopic (exact) mass is 254 g/mol. The zero-order chi connectivity index (χ0) is 12.0. The number of thiol groups is 2. The van der Waals surface area contributed by atoms with Crippen LogP contribution in [0.15, 0.2) is 30.3 Å². The van der Waals surface area contributed by atoms with Crippen molar-refractivity contribution in [3.63, 3.8) is 0 Å². The van der Waals surface area contributed by atoms with Crippen molar-refractivity contribution in [1.82, 2.24) is 0 Å². The fourth-order valence-electron chi connectivity index (χ4n) is 2.14. The molecule has 0 aromatic heterocycles. The van der Waals surface area contributed by atoms with E-state index in [-0.39, 0.29) is 5.41 Å². The first-order valence-electron chi connectivity index (χ1n) is 5.92.